The Kier molecular flexibility index (Phi) is 8.11. The Balaban J connectivity index is 1.48. The van der Waals surface area contributed by atoms with E-state index in [0.717, 1.165) is 5.56 Å². The number of rotatable bonds is 8. The topological polar surface area (TPSA) is 71.1 Å². The predicted octanol–water partition coefficient (Wildman–Crippen LogP) is 4.52. The summed E-state index contributed by atoms with van der Waals surface area (Å²) in [5.41, 5.74) is 0.385. The molecule has 3 atom stereocenters. The summed E-state index contributed by atoms with van der Waals surface area (Å²) < 4.78 is 79.3. The molecular weight excluding hydrogens is 549 g/mol. The van der Waals surface area contributed by atoms with Crippen molar-refractivity contribution >= 4 is 11.8 Å². The standard InChI is InChI=1S/C29H26F5N3O4/c1-16-7-8-24(41-29(33)34)23-14-36(16)28(39)26-25(40-15-17-5-3-2-4-6-17)9-18(13-37(23)26)27(38)35-12-20-21(31)10-19(30)11-22(20)32/h2-8,10-11,13,16,23-24,29H,9,12,14-15H2,1H3,(H,35,38)/t16-,23+,24-/m0/s1. The number of fused-ring (bicyclic) bond motifs is 4. The lowest BCUT2D eigenvalue weighted by atomic mass is 9.97. The van der Waals surface area contributed by atoms with Gasteiger partial charge in [0, 0.05) is 55.0 Å². The number of hydrogen-bond acceptors (Lipinski definition) is 5. The van der Waals surface area contributed by atoms with Gasteiger partial charge in [-0.25, -0.2) is 13.2 Å². The lowest BCUT2D eigenvalue weighted by Gasteiger charge is -2.46. The SMILES string of the molecule is C[C@H]1C=C[C@H](OC(F)F)[C@H]2CN1C(=O)C1=C(OCc3ccccc3)CC(C(=O)NCc3c(F)cc(F)cc3F)=CN12. The molecule has 3 heterocycles. The van der Waals surface area contributed by atoms with Crippen LogP contribution >= 0.6 is 0 Å². The Morgan fingerprint density at radius 2 is 1.80 bits per heavy atom. The minimum absolute atomic E-state index is 0.0251. The summed E-state index contributed by atoms with van der Waals surface area (Å²) in [5.74, 6) is -4.45. The number of carbonyl (C=O) groups is 2. The fourth-order valence-corrected chi connectivity index (χ4v) is 5.08. The van der Waals surface area contributed by atoms with Gasteiger partial charge in [-0.3, -0.25) is 9.59 Å². The van der Waals surface area contributed by atoms with Crippen LogP contribution < -0.4 is 5.32 Å². The van der Waals surface area contributed by atoms with Gasteiger partial charge in [-0.2, -0.15) is 8.78 Å². The quantitative estimate of drug-likeness (QED) is 0.371. The van der Waals surface area contributed by atoms with E-state index >= 15 is 0 Å². The first-order chi connectivity index (χ1) is 19.6. The Morgan fingerprint density at radius 3 is 2.49 bits per heavy atom. The second-order valence-electron chi connectivity index (χ2n) is 9.83. The van der Waals surface area contributed by atoms with Gasteiger partial charge in [0.2, 0.25) is 5.91 Å². The van der Waals surface area contributed by atoms with E-state index in [4.69, 9.17) is 9.47 Å². The second kappa shape index (κ2) is 11.7. The molecule has 2 bridgehead atoms. The molecule has 0 aliphatic carbocycles. The lowest BCUT2D eigenvalue weighted by Crippen LogP contribution is -2.59. The lowest BCUT2D eigenvalue weighted by molar-refractivity contribution is -0.167. The van der Waals surface area contributed by atoms with E-state index in [1.807, 2.05) is 30.3 Å². The molecule has 1 fully saturated rings. The average Bonchev–Trinajstić information content (AvgIpc) is 3.07. The molecule has 0 radical (unpaired) electrons. The first-order valence-electron chi connectivity index (χ1n) is 12.9. The molecular formula is C29H26F5N3O4. The molecule has 2 amide bonds. The van der Waals surface area contributed by atoms with E-state index in [1.165, 1.54) is 22.1 Å². The summed E-state index contributed by atoms with van der Waals surface area (Å²) in [4.78, 5) is 29.8. The maximum Gasteiger partial charge on any atom is 0.345 e. The minimum Gasteiger partial charge on any atom is -0.491 e. The van der Waals surface area contributed by atoms with Crippen molar-refractivity contribution in [3.63, 3.8) is 0 Å². The van der Waals surface area contributed by atoms with E-state index in [-0.39, 0.29) is 36.6 Å². The summed E-state index contributed by atoms with van der Waals surface area (Å²) in [6.45, 7) is -1.85. The van der Waals surface area contributed by atoms with Crippen molar-refractivity contribution in [2.75, 3.05) is 6.54 Å². The zero-order valence-electron chi connectivity index (χ0n) is 21.8. The number of alkyl halides is 2. The summed E-state index contributed by atoms with van der Waals surface area (Å²) in [7, 11) is 0. The van der Waals surface area contributed by atoms with Gasteiger partial charge in [-0.1, -0.05) is 42.5 Å². The van der Waals surface area contributed by atoms with Crippen molar-refractivity contribution in [3.8, 4) is 0 Å². The molecule has 1 N–H and O–H groups in total. The Hall–Kier alpha value is -4.19. The minimum atomic E-state index is -3.09. The first kappa shape index (κ1) is 28.3. The highest BCUT2D eigenvalue weighted by Crippen LogP contribution is 2.37. The Labute approximate surface area is 232 Å². The van der Waals surface area contributed by atoms with Crippen molar-refractivity contribution in [2.45, 2.75) is 51.3 Å². The van der Waals surface area contributed by atoms with Crippen LogP contribution in [0.15, 0.2) is 77.8 Å². The molecule has 0 aromatic heterocycles. The van der Waals surface area contributed by atoms with E-state index in [0.29, 0.717) is 12.1 Å². The van der Waals surface area contributed by atoms with Gasteiger partial charge < -0.3 is 24.6 Å². The third kappa shape index (κ3) is 5.97. The predicted molar refractivity (Wildman–Crippen MR) is 136 cm³/mol. The number of piperazine rings is 1. The van der Waals surface area contributed by atoms with Crippen molar-refractivity contribution in [1.29, 1.82) is 0 Å². The highest BCUT2D eigenvalue weighted by atomic mass is 19.3. The third-order valence-electron chi connectivity index (χ3n) is 7.16. The van der Waals surface area contributed by atoms with Gasteiger partial charge in [0.25, 0.3) is 5.91 Å². The van der Waals surface area contributed by atoms with Gasteiger partial charge in [0.05, 0.1) is 6.04 Å². The largest absolute Gasteiger partial charge is 0.491 e. The smallest absolute Gasteiger partial charge is 0.345 e. The van der Waals surface area contributed by atoms with Crippen LogP contribution in [-0.2, 0) is 32.2 Å². The highest BCUT2D eigenvalue weighted by molar-refractivity contribution is 5.98. The average molecular weight is 576 g/mol. The summed E-state index contributed by atoms with van der Waals surface area (Å²) in [5, 5.41) is 2.41. The van der Waals surface area contributed by atoms with Gasteiger partial charge in [-0.15, -0.1) is 0 Å². The van der Waals surface area contributed by atoms with Gasteiger partial charge >= 0.3 is 6.61 Å². The molecule has 2 aromatic carbocycles. The zero-order valence-corrected chi connectivity index (χ0v) is 21.8. The molecule has 12 heteroatoms. The molecule has 0 spiro atoms. The fourth-order valence-electron chi connectivity index (χ4n) is 5.08. The molecule has 7 nitrogen and oxygen atoms in total. The van der Waals surface area contributed by atoms with Crippen LogP contribution in [0.1, 0.15) is 24.5 Å². The van der Waals surface area contributed by atoms with Crippen molar-refractivity contribution in [3.05, 3.63) is 106 Å². The highest BCUT2D eigenvalue weighted by Gasteiger charge is 2.46. The van der Waals surface area contributed by atoms with Crippen LogP contribution in [0.25, 0.3) is 0 Å². The van der Waals surface area contributed by atoms with Crippen LogP contribution in [0.2, 0.25) is 0 Å². The van der Waals surface area contributed by atoms with Crippen LogP contribution in [0.5, 0.6) is 0 Å². The fraction of sp³-hybridized carbons (Fsp3) is 0.310. The van der Waals surface area contributed by atoms with Gasteiger partial charge in [0.1, 0.15) is 41.6 Å². The molecule has 0 saturated carbocycles. The summed E-state index contributed by atoms with van der Waals surface area (Å²) in [6, 6.07) is 8.82. The van der Waals surface area contributed by atoms with Gasteiger partial charge in [0.15, 0.2) is 0 Å². The summed E-state index contributed by atoms with van der Waals surface area (Å²) >= 11 is 0. The second-order valence-corrected chi connectivity index (χ2v) is 9.83. The number of hydrogen-bond donors (Lipinski definition) is 1. The molecule has 1 saturated heterocycles. The number of nitrogens with one attached hydrogen (secondary N) is 1. The van der Waals surface area contributed by atoms with Crippen molar-refractivity contribution in [1.82, 2.24) is 15.1 Å². The van der Waals surface area contributed by atoms with E-state index < -0.39 is 66.2 Å². The van der Waals surface area contributed by atoms with Gasteiger partial charge in [-0.05, 0) is 12.5 Å². The molecule has 3 aliphatic heterocycles. The van der Waals surface area contributed by atoms with E-state index in [1.54, 1.807) is 13.0 Å². The number of nitrogens with zero attached hydrogens (tertiary/aromatic N) is 2. The third-order valence-corrected chi connectivity index (χ3v) is 7.16. The van der Waals surface area contributed by atoms with Crippen LogP contribution in [0.3, 0.4) is 0 Å². The molecule has 0 unspecified atom stereocenters. The number of allylic oxidation sites excluding steroid dienone is 1. The number of halogens is 5. The molecule has 216 valence electrons. The maximum absolute atomic E-state index is 14.1. The molecule has 3 aliphatic rings. The number of benzene rings is 2. The van der Waals surface area contributed by atoms with Crippen LogP contribution in [0, 0.1) is 17.5 Å². The maximum atomic E-state index is 14.1. The normalized spacial score (nSPS) is 22.0. The summed E-state index contributed by atoms with van der Waals surface area (Å²) in [6.07, 6.45) is 3.13. The van der Waals surface area contributed by atoms with Crippen molar-refractivity contribution < 1.29 is 41.0 Å². The molecule has 5 rings (SSSR count). The monoisotopic (exact) mass is 575 g/mol. The molecule has 2 aromatic rings. The number of amides is 2. The number of carbonyl (C=O) groups excluding carboxylic acids is 2. The Morgan fingerprint density at radius 1 is 1.10 bits per heavy atom. The van der Waals surface area contributed by atoms with Crippen molar-refractivity contribution in [2.24, 2.45) is 0 Å². The van der Waals surface area contributed by atoms with Crippen LogP contribution in [0.4, 0.5) is 22.0 Å². The molecule has 41 heavy (non-hydrogen) atoms. The Bertz CT molecular complexity index is 1410. The van der Waals surface area contributed by atoms with E-state index in [9.17, 15) is 31.5 Å². The van der Waals surface area contributed by atoms with Crippen LogP contribution in [-0.4, -0.2) is 53.0 Å². The van der Waals surface area contributed by atoms with E-state index in [2.05, 4.69) is 5.32 Å². The number of ether oxygens (including phenoxy) is 2. The zero-order chi connectivity index (χ0) is 29.3. The first-order valence-corrected chi connectivity index (χ1v) is 12.9.